The van der Waals surface area contributed by atoms with Crippen LogP contribution in [0.5, 0.6) is 5.75 Å². The maximum Gasteiger partial charge on any atom is 0.573 e. The molecule has 9 heteroatoms. The summed E-state index contributed by atoms with van der Waals surface area (Å²) < 4.78 is 40.5. The van der Waals surface area contributed by atoms with Gasteiger partial charge in [0.15, 0.2) is 0 Å². The van der Waals surface area contributed by atoms with Crippen molar-refractivity contribution in [1.82, 2.24) is 5.32 Å². The van der Waals surface area contributed by atoms with Crippen molar-refractivity contribution in [3.63, 3.8) is 0 Å². The number of halogens is 4. The molecular weight excluding hydrogens is 385 g/mol. The summed E-state index contributed by atoms with van der Waals surface area (Å²) in [6.07, 6.45) is 0.111. The molecule has 0 aliphatic heterocycles. The Bertz CT molecular complexity index is 595. The molecule has 0 heterocycles. The molecule has 27 heavy (non-hydrogen) atoms. The Hall–Kier alpha value is -1.51. The van der Waals surface area contributed by atoms with Gasteiger partial charge in [0.2, 0.25) is 0 Å². The van der Waals surface area contributed by atoms with Crippen LogP contribution in [0.3, 0.4) is 0 Å². The highest BCUT2D eigenvalue weighted by atomic mass is 35.5. The number of amides is 1. The van der Waals surface area contributed by atoms with E-state index in [1.165, 1.54) is 24.6 Å². The minimum Gasteiger partial charge on any atom is -0.406 e. The molecule has 1 saturated carbocycles. The van der Waals surface area contributed by atoms with Crippen molar-refractivity contribution in [2.75, 3.05) is 0 Å². The molecule has 1 amide bonds. The van der Waals surface area contributed by atoms with Crippen molar-refractivity contribution in [3.05, 3.63) is 29.8 Å². The first-order chi connectivity index (χ1) is 12.2. The second kappa shape index (κ2) is 10.7. The van der Waals surface area contributed by atoms with Gasteiger partial charge in [0.05, 0.1) is 0 Å². The lowest BCUT2D eigenvalue weighted by molar-refractivity contribution is -0.274. The largest absolute Gasteiger partial charge is 0.573 e. The van der Waals surface area contributed by atoms with Crippen LogP contribution in [0.4, 0.5) is 13.2 Å². The van der Waals surface area contributed by atoms with Crippen LogP contribution in [0.2, 0.25) is 0 Å². The first-order valence-corrected chi connectivity index (χ1v) is 8.80. The molecule has 0 spiro atoms. The molecule has 1 aromatic rings. The van der Waals surface area contributed by atoms with Gasteiger partial charge in [-0.3, -0.25) is 4.79 Å². The van der Waals surface area contributed by atoms with Gasteiger partial charge in [-0.15, -0.1) is 25.6 Å². The number of benzene rings is 1. The molecule has 1 aliphatic rings. The monoisotopic (exact) mass is 410 g/mol. The van der Waals surface area contributed by atoms with Crippen LogP contribution in [0, 0.1) is 5.92 Å². The van der Waals surface area contributed by atoms with Crippen molar-refractivity contribution in [2.45, 2.75) is 63.6 Å². The summed E-state index contributed by atoms with van der Waals surface area (Å²) in [4.78, 5) is 12.1. The number of nitrogens with two attached hydrogens (primary N) is 1. The zero-order valence-corrected chi connectivity index (χ0v) is 15.7. The summed E-state index contributed by atoms with van der Waals surface area (Å²) in [5, 5.41) is 12.6. The fourth-order valence-electron chi connectivity index (χ4n) is 3.28. The highest BCUT2D eigenvalue weighted by Gasteiger charge is 2.31. The lowest BCUT2D eigenvalue weighted by atomic mass is 9.84. The third-order valence-corrected chi connectivity index (χ3v) is 4.60. The predicted octanol–water partition coefficient (Wildman–Crippen LogP) is 3.28. The lowest BCUT2D eigenvalue weighted by Gasteiger charge is -2.26. The molecule has 5 nitrogen and oxygen atoms in total. The van der Waals surface area contributed by atoms with E-state index in [-0.39, 0.29) is 24.7 Å². The van der Waals surface area contributed by atoms with Crippen LogP contribution in [0.1, 0.15) is 44.1 Å². The molecule has 1 aromatic carbocycles. The fraction of sp³-hybridized carbons (Fsp3) is 0.611. The van der Waals surface area contributed by atoms with Gasteiger partial charge in [0, 0.05) is 12.6 Å². The second-order valence-corrected chi connectivity index (χ2v) is 6.76. The van der Waals surface area contributed by atoms with E-state index in [2.05, 4.69) is 10.1 Å². The zero-order valence-electron chi connectivity index (χ0n) is 14.9. The molecule has 1 aliphatic carbocycles. The third kappa shape index (κ3) is 8.36. The fourth-order valence-corrected chi connectivity index (χ4v) is 3.28. The van der Waals surface area contributed by atoms with Gasteiger partial charge in [-0.05, 0) is 30.0 Å². The smallest absolute Gasteiger partial charge is 0.406 e. The summed E-state index contributed by atoms with van der Waals surface area (Å²) >= 11 is 0. The SMILES string of the molecule is Cl.N[C@H](CC1CCCCC1)C(O)C(=O)NCc1cccc(OC(F)(F)F)c1. The van der Waals surface area contributed by atoms with Crippen LogP contribution in [0.15, 0.2) is 24.3 Å². The van der Waals surface area contributed by atoms with Gasteiger partial charge >= 0.3 is 6.36 Å². The summed E-state index contributed by atoms with van der Waals surface area (Å²) in [5.41, 5.74) is 6.38. The molecule has 0 aromatic heterocycles. The molecule has 154 valence electrons. The predicted molar refractivity (Wildman–Crippen MR) is 97.4 cm³/mol. The Morgan fingerprint density at radius 3 is 2.59 bits per heavy atom. The van der Waals surface area contributed by atoms with Gasteiger partial charge in [-0.25, -0.2) is 0 Å². The van der Waals surface area contributed by atoms with Crippen molar-refractivity contribution in [3.8, 4) is 5.75 Å². The first kappa shape index (κ1) is 23.5. The minimum atomic E-state index is -4.77. The van der Waals surface area contributed by atoms with Crippen LogP contribution >= 0.6 is 12.4 Å². The Kier molecular flexibility index (Phi) is 9.35. The van der Waals surface area contributed by atoms with Crippen molar-refractivity contribution < 1.29 is 27.8 Å². The minimum absolute atomic E-state index is 0. The normalized spacial score (nSPS) is 17.5. The highest BCUT2D eigenvalue weighted by molar-refractivity contribution is 5.85. The number of carbonyl (C=O) groups is 1. The summed E-state index contributed by atoms with van der Waals surface area (Å²) in [6.45, 7) is -0.0267. The van der Waals surface area contributed by atoms with Gasteiger partial charge in [-0.2, -0.15) is 0 Å². The number of nitrogens with one attached hydrogen (secondary N) is 1. The number of hydrogen-bond donors (Lipinski definition) is 3. The number of aliphatic hydroxyl groups excluding tert-OH is 1. The summed E-state index contributed by atoms with van der Waals surface area (Å²) in [5.74, 6) is -0.563. The van der Waals surface area contributed by atoms with Crippen molar-refractivity contribution in [2.24, 2.45) is 11.7 Å². The van der Waals surface area contributed by atoms with Gasteiger partial charge in [0.1, 0.15) is 11.9 Å². The van der Waals surface area contributed by atoms with Gasteiger partial charge in [0.25, 0.3) is 5.91 Å². The molecule has 2 rings (SSSR count). The van der Waals surface area contributed by atoms with Crippen LogP contribution < -0.4 is 15.8 Å². The summed E-state index contributed by atoms with van der Waals surface area (Å²) in [6, 6.07) is 4.65. The molecule has 0 bridgehead atoms. The Labute approximate surface area is 162 Å². The van der Waals surface area contributed by atoms with E-state index in [4.69, 9.17) is 5.73 Å². The van der Waals surface area contributed by atoms with Crippen LogP contribution in [-0.4, -0.2) is 29.5 Å². The van der Waals surface area contributed by atoms with E-state index in [1.807, 2.05) is 0 Å². The van der Waals surface area contributed by atoms with Crippen LogP contribution in [-0.2, 0) is 11.3 Å². The molecule has 0 radical (unpaired) electrons. The average molecular weight is 411 g/mol. The number of hydrogen-bond acceptors (Lipinski definition) is 4. The molecule has 2 atom stereocenters. The zero-order chi connectivity index (χ0) is 19.2. The number of ether oxygens (including phenoxy) is 1. The van der Waals surface area contributed by atoms with E-state index < -0.39 is 24.4 Å². The van der Waals surface area contributed by atoms with E-state index in [1.54, 1.807) is 6.07 Å². The topological polar surface area (TPSA) is 84.6 Å². The number of aliphatic hydroxyl groups is 1. The summed E-state index contributed by atoms with van der Waals surface area (Å²) in [7, 11) is 0. The quantitative estimate of drug-likeness (QED) is 0.644. The lowest BCUT2D eigenvalue weighted by Crippen LogP contribution is -2.47. The number of carbonyl (C=O) groups excluding carboxylic acids is 1. The van der Waals surface area contributed by atoms with Gasteiger partial charge in [-0.1, -0.05) is 44.2 Å². The number of rotatable bonds is 7. The van der Waals surface area contributed by atoms with Crippen molar-refractivity contribution >= 4 is 18.3 Å². The molecule has 1 fully saturated rings. The average Bonchev–Trinajstić information content (AvgIpc) is 2.58. The van der Waals surface area contributed by atoms with E-state index in [0.717, 1.165) is 25.7 Å². The first-order valence-electron chi connectivity index (χ1n) is 8.80. The maximum atomic E-state index is 12.2. The standard InChI is InChI=1S/C18H25F3N2O3.ClH/c19-18(20,21)26-14-8-4-7-13(9-14)11-23-17(25)16(24)15(22)10-12-5-2-1-3-6-12;/h4,7-9,12,15-16,24H,1-3,5-6,10-11,22H2,(H,23,25);1H/t15-,16?;/m1./s1. The second-order valence-electron chi connectivity index (χ2n) is 6.76. The Balaban J connectivity index is 0.00000364. The van der Waals surface area contributed by atoms with E-state index in [0.29, 0.717) is 17.9 Å². The van der Waals surface area contributed by atoms with Crippen molar-refractivity contribution in [1.29, 1.82) is 0 Å². The van der Waals surface area contributed by atoms with E-state index >= 15 is 0 Å². The number of alkyl halides is 3. The third-order valence-electron chi connectivity index (χ3n) is 4.60. The molecule has 0 saturated heterocycles. The Morgan fingerprint density at radius 2 is 1.96 bits per heavy atom. The molecule has 4 N–H and O–H groups in total. The van der Waals surface area contributed by atoms with Gasteiger partial charge < -0.3 is 20.9 Å². The molecule has 1 unspecified atom stereocenters. The van der Waals surface area contributed by atoms with E-state index in [9.17, 15) is 23.1 Å². The van der Waals surface area contributed by atoms with Crippen LogP contribution in [0.25, 0.3) is 0 Å². The maximum absolute atomic E-state index is 12.2. The molecular formula is C18H26ClF3N2O3. The highest BCUT2D eigenvalue weighted by Crippen LogP contribution is 2.27. The Morgan fingerprint density at radius 1 is 1.30 bits per heavy atom.